The van der Waals surface area contributed by atoms with Gasteiger partial charge >= 0.3 is 6.18 Å². The van der Waals surface area contributed by atoms with Gasteiger partial charge in [0.2, 0.25) is 0 Å². The third kappa shape index (κ3) is 3.11. The van der Waals surface area contributed by atoms with Crippen molar-refractivity contribution in [3.63, 3.8) is 0 Å². The van der Waals surface area contributed by atoms with Crippen LogP contribution in [0.3, 0.4) is 0 Å². The fraction of sp³-hybridized carbons (Fsp3) is 0.308. The van der Waals surface area contributed by atoms with Gasteiger partial charge in [0.05, 0.1) is 6.20 Å². The molecule has 10 heteroatoms. The van der Waals surface area contributed by atoms with Crippen LogP contribution in [0.4, 0.5) is 13.2 Å². The van der Waals surface area contributed by atoms with E-state index in [1.807, 2.05) is 5.32 Å². The minimum absolute atomic E-state index is 0.180. The number of aromatic nitrogens is 3. The number of fused-ring (bicyclic) bond motifs is 1. The first kappa shape index (κ1) is 15.7. The molecule has 6 nitrogen and oxygen atoms in total. The van der Waals surface area contributed by atoms with Crippen molar-refractivity contribution in [2.24, 2.45) is 0 Å². The molecule has 1 N–H and O–H groups in total. The van der Waals surface area contributed by atoms with Crippen molar-refractivity contribution in [1.82, 2.24) is 24.8 Å². The number of halogens is 3. The zero-order chi connectivity index (χ0) is 16.6. The van der Waals surface area contributed by atoms with Crippen LogP contribution < -0.4 is 5.32 Å². The van der Waals surface area contributed by atoms with E-state index in [0.717, 1.165) is 5.56 Å². The molecule has 1 aliphatic heterocycles. The van der Waals surface area contributed by atoms with Crippen molar-refractivity contribution in [2.75, 3.05) is 13.6 Å². The summed E-state index contributed by atoms with van der Waals surface area (Å²) >= 11 is 1.32. The topological polar surface area (TPSA) is 62.5 Å². The van der Waals surface area contributed by atoms with Gasteiger partial charge in [0.25, 0.3) is 5.91 Å². The minimum atomic E-state index is -4.44. The summed E-state index contributed by atoms with van der Waals surface area (Å²) in [6.45, 7) is -1.36. The van der Waals surface area contributed by atoms with Crippen molar-refractivity contribution in [1.29, 1.82) is 0 Å². The normalized spacial score (nSPS) is 18.3. The minimum Gasteiger partial charge on any atom is -0.353 e. The second-order valence-electron chi connectivity index (χ2n) is 4.89. The Bertz CT molecular complexity index is 772. The van der Waals surface area contributed by atoms with Gasteiger partial charge < -0.3 is 10.2 Å². The summed E-state index contributed by atoms with van der Waals surface area (Å²) in [6, 6.07) is 1.74. The summed E-state index contributed by atoms with van der Waals surface area (Å²) in [5.74, 6) is -0.760. The number of rotatable bonds is 3. The van der Waals surface area contributed by atoms with E-state index in [1.165, 1.54) is 11.8 Å². The number of alkyl halides is 3. The molecule has 0 aliphatic carbocycles. The number of nitrogens with zero attached hydrogens (tertiary/aromatic N) is 4. The number of carbonyl (C=O) groups is 1. The molecule has 0 spiro atoms. The van der Waals surface area contributed by atoms with Crippen LogP contribution in [-0.4, -0.2) is 45.2 Å². The van der Waals surface area contributed by atoms with Gasteiger partial charge in [-0.1, -0.05) is 0 Å². The number of amides is 1. The van der Waals surface area contributed by atoms with E-state index < -0.39 is 18.6 Å². The number of hydrogen-bond donors (Lipinski definition) is 1. The van der Waals surface area contributed by atoms with Gasteiger partial charge in [-0.25, -0.2) is 9.50 Å². The van der Waals surface area contributed by atoms with Crippen LogP contribution >= 0.6 is 11.8 Å². The summed E-state index contributed by atoms with van der Waals surface area (Å²) < 4.78 is 38.2. The fourth-order valence-electron chi connectivity index (χ4n) is 2.22. The van der Waals surface area contributed by atoms with E-state index in [2.05, 4.69) is 10.1 Å². The average molecular weight is 343 g/mol. The zero-order valence-electron chi connectivity index (χ0n) is 11.9. The average Bonchev–Trinajstić information content (AvgIpc) is 3.07. The number of likely N-dealkylation sites (N-methyl/N-ethyl adjacent to an activating group) is 1. The van der Waals surface area contributed by atoms with Gasteiger partial charge in [-0.05, 0) is 6.07 Å². The van der Waals surface area contributed by atoms with E-state index in [4.69, 9.17) is 0 Å². The molecule has 0 bridgehead atoms. The van der Waals surface area contributed by atoms with Gasteiger partial charge in [0.15, 0.2) is 5.65 Å². The lowest BCUT2D eigenvalue weighted by Crippen LogP contribution is -2.37. The smallest absolute Gasteiger partial charge is 0.353 e. The van der Waals surface area contributed by atoms with Crippen LogP contribution in [0.2, 0.25) is 0 Å². The van der Waals surface area contributed by atoms with E-state index in [1.54, 1.807) is 46.5 Å². The molecular weight excluding hydrogens is 331 g/mol. The quantitative estimate of drug-likeness (QED) is 0.923. The molecule has 0 saturated carbocycles. The molecular formula is C13H12F3N5OS. The third-order valence-corrected chi connectivity index (χ3v) is 4.48. The van der Waals surface area contributed by atoms with E-state index >= 15 is 0 Å². The lowest BCUT2D eigenvalue weighted by Gasteiger charge is -2.23. The van der Waals surface area contributed by atoms with Gasteiger partial charge in [-0.15, -0.1) is 11.8 Å². The fourth-order valence-corrected chi connectivity index (χ4v) is 3.36. The summed E-state index contributed by atoms with van der Waals surface area (Å²) in [6.07, 6.45) is 0.577. The Morgan fingerprint density at radius 1 is 1.48 bits per heavy atom. The predicted octanol–water partition coefficient (Wildman–Crippen LogP) is 1.93. The van der Waals surface area contributed by atoms with Crippen molar-refractivity contribution in [3.8, 4) is 0 Å². The molecule has 0 fully saturated rings. The molecule has 0 saturated heterocycles. The molecule has 1 unspecified atom stereocenters. The first-order valence-corrected chi connectivity index (χ1v) is 7.53. The first-order chi connectivity index (χ1) is 10.9. The van der Waals surface area contributed by atoms with Gasteiger partial charge in [0.1, 0.15) is 17.6 Å². The maximum atomic E-state index is 12.2. The Balaban J connectivity index is 1.75. The maximum absolute atomic E-state index is 12.2. The Morgan fingerprint density at radius 2 is 2.26 bits per heavy atom. The summed E-state index contributed by atoms with van der Waals surface area (Å²) in [5.41, 5.74) is 1.61. The lowest BCUT2D eigenvalue weighted by molar-refractivity contribution is -0.137. The second-order valence-corrected chi connectivity index (χ2v) is 5.84. The first-order valence-electron chi connectivity index (χ1n) is 6.58. The van der Waals surface area contributed by atoms with Crippen molar-refractivity contribution >= 4 is 23.3 Å². The SMILES string of the molecule is CN1C(C(=O)NCC(F)(F)F)=CSC1c1cnn2cccnc12. The zero-order valence-corrected chi connectivity index (χ0v) is 12.7. The molecule has 3 rings (SSSR count). The van der Waals surface area contributed by atoms with Gasteiger partial charge in [-0.3, -0.25) is 4.79 Å². The number of hydrogen-bond acceptors (Lipinski definition) is 5. The predicted molar refractivity (Wildman–Crippen MR) is 78.2 cm³/mol. The molecule has 0 radical (unpaired) electrons. The molecule has 1 amide bonds. The number of carbonyl (C=O) groups excluding carboxylic acids is 1. The molecule has 23 heavy (non-hydrogen) atoms. The van der Waals surface area contributed by atoms with Crippen molar-refractivity contribution in [2.45, 2.75) is 11.6 Å². The molecule has 3 heterocycles. The van der Waals surface area contributed by atoms with Crippen LogP contribution in [-0.2, 0) is 4.79 Å². The van der Waals surface area contributed by atoms with Crippen molar-refractivity contribution < 1.29 is 18.0 Å². The Hall–Kier alpha value is -2.23. The molecule has 0 aromatic carbocycles. The van der Waals surface area contributed by atoms with Crippen LogP contribution in [0.1, 0.15) is 10.9 Å². The van der Waals surface area contributed by atoms with Gasteiger partial charge in [0, 0.05) is 30.4 Å². The lowest BCUT2D eigenvalue weighted by atomic mass is 10.3. The van der Waals surface area contributed by atoms with Crippen molar-refractivity contribution in [3.05, 3.63) is 41.3 Å². The largest absolute Gasteiger partial charge is 0.405 e. The number of nitrogens with one attached hydrogen (secondary N) is 1. The van der Waals surface area contributed by atoms with E-state index in [0.29, 0.717) is 5.65 Å². The van der Waals surface area contributed by atoms with E-state index in [9.17, 15) is 18.0 Å². The summed E-state index contributed by atoms with van der Waals surface area (Å²) in [4.78, 5) is 17.8. The van der Waals surface area contributed by atoms with Gasteiger partial charge in [-0.2, -0.15) is 18.3 Å². The second kappa shape index (κ2) is 5.76. The third-order valence-electron chi connectivity index (χ3n) is 3.29. The molecule has 2 aromatic heterocycles. The molecule has 122 valence electrons. The molecule has 2 aromatic rings. The highest BCUT2D eigenvalue weighted by molar-refractivity contribution is 8.02. The highest BCUT2D eigenvalue weighted by atomic mass is 32.2. The van der Waals surface area contributed by atoms with Crippen LogP contribution in [0, 0.1) is 0 Å². The van der Waals surface area contributed by atoms with Crippen LogP contribution in [0.25, 0.3) is 5.65 Å². The van der Waals surface area contributed by atoms with Crippen LogP contribution in [0.5, 0.6) is 0 Å². The maximum Gasteiger partial charge on any atom is 0.405 e. The molecule has 1 aliphatic rings. The van der Waals surface area contributed by atoms with E-state index in [-0.39, 0.29) is 11.1 Å². The highest BCUT2D eigenvalue weighted by Crippen LogP contribution is 2.42. The molecule has 1 atom stereocenters. The Labute approximate surface area is 133 Å². The summed E-state index contributed by atoms with van der Waals surface area (Å²) in [5, 5.41) is 7.33. The summed E-state index contributed by atoms with van der Waals surface area (Å²) in [7, 11) is 1.65. The standard InChI is InChI=1S/C13H12F3N5OS/c1-20-9(11(22)18-7-13(14,15)16)6-23-12(20)8-5-19-21-4-2-3-17-10(8)21/h2-6,12H,7H2,1H3,(H,18,22). The Morgan fingerprint density at radius 3 is 3.00 bits per heavy atom. The van der Waals surface area contributed by atoms with Crippen LogP contribution in [0.15, 0.2) is 35.8 Å². The number of thioether (sulfide) groups is 1. The Kier molecular flexibility index (Phi) is 3.92. The highest BCUT2D eigenvalue weighted by Gasteiger charge is 2.33. The monoisotopic (exact) mass is 343 g/mol.